The second-order valence-electron chi connectivity index (χ2n) is 10.1. The van der Waals surface area contributed by atoms with Gasteiger partial charge in [0.2, 0.25) is 0 Å². The summed E-state index contributed by atoms with van der Waals surface area (Å²) in [5.74, 6) is -1.64. The highest BCUT2D eigenvalue weighted by Gasteiger charge is 2.27. The summed E-state index contributed by atoms with van der Waals surface area (Å²) in [6.07, 6.45) is 3.66. The number of hydrogen-bond acceptors (Lipinski definition) is 8. The first kappa shape index (κ1) is 28.2. The van der Waals surface area contributed by atoms with Crippen molar-refractivity contribution >= 4 is 45.2 Å². The fourth-order valence-corrected chi connectivity index (χ4v) is 6.52. The second kappa shape index (κ2) is 12.5. The van der Waals surface area contributed by atoms with Gasteiger partial charge in [-0.25, -0.2) is 19.6 Å². The van der Waals surface area contributed by atoms with E-state index in [1.165, 1.54) is 11.3 Å². The molecule has 8 nitrogen and oxygen atoms in total. The number of carbonyl (C=O) groups is 3. The van der Waals surface area contributed by atoms with Gasteiger partial charge >= 0.3 is 11.9 Å². The Morgan fingerprint density at radius 1 is 0.791 bits per heavy atom. The summed E-state index contributed by atoms with van der Waals surface area (Å²) in [6, 6.07) is 24.5. The van der Waals surface area contributed by atoms with E-state index in [-0.39, 0.29) is 12.2 Å². The van der Waals surface area contributed by atoms with Crippen molar-refractivity contribution < 1.29 is 23.9 Å². The zero-order valence-electron chi connectivity index (χ0n) is 23.6. The van der Waals surface area contributed by atoms with E-state index in [9.17, 15) is 14.4 Å². The van der Waals surface area contributed by atoms with Gasteiger partial charge in [0.15, 0.2) is 6.61 Å². The topological polar surface area (TPSA) is 107 Å². The summed E-state index contributed by atoms with van der Waals surface area (Å²) in [7, 11) is 0. The van der Waals surface area contributed by atoms with E-state index in [2.05, 4.69) is 5.32 Å². The lowest BCUT2D eigenvalue weighted by atomic mass is 9.95. The van der Waals surface area contributed by atoms with Gasteiger partial charge in [-0.2, -0.15) is 0 Å². The normalized spacial score (nSPS) is 12.4. The van der Waals surface area contributed by atoms with Crippen LogP contribution in [0.15, 0.2) is 78.9 Å². The van der Waals surface area contributed by atoms with Crippen LogP contribution >= 0.6 is 11.3 Å². The number of carbonyl (C=O) groups excluding carboxylic acids is 3. The number of aryl methyl sites for hydroxylation is 1. The average molecular weight is 592 g/mol. The number of nitrogens with one attached hydrogen (secondary N) is 1. The Hall–Kier alpha value is -4.89. The number of fused-ring (bicyclic) bond motifs is 2. The molecule has 0 saturated carbocycles. The SMILES string of the molecule is CCOC(=O)c1c(NC(=O)COC(=O)c2ccc3nc(-c4ccccc4)c(-c4ccccc4)nc3c2)sc2c1CCCC2. The van der Waals surface area contributed by atoms with Crippen molar-refractivity contribution in [1.29, 1.82) is 0 Å². The Kier molecular flexibility index (Phi) is 8.24. The summed E-state index contributed by atoms with van der Waals surface area (Å²) in [4.78, 5) is 49.4. The molecule has 0 aliphatic heterocycles. The number of nitrogens with zero attached hydrogens (tertiary/aromatic N) is 2. The van der Waals surface area contributed by atoms with Crippen LogP contribution in [0.4, 0.5) is 5.00 Å². The van der Waals surface area contributed by atoms with E-state index in [4.69, 9.17) is 19.4 Å². The van der Waals surface area contributed by atoms with Crippen molar-refractivity contribution in [1.82, 2.24) is 9.97 Å². The molecule has 216 valence electrons. The molecule has 1 amide bonds. The molecule has 5 aromatic rings. The van der Waals surface area contributed by atoms with E-state index in [0.29, 0.717) is 27.3 Å². The van der Waals surface area contributed by atoms with Gasteiger partial charge in [-0.05, 0) is 56.4 Å². The minimum absolute atomic E-state index is 0.241. The fourth-order valence-electron chi connectivity index (χ4n) is 5.23. The number of thiophene rings is 1. The van der Waals surface area contributed by atoms with Gasteiger partial charge in [0.25, 0.3) is 5.91 Å². The maximum absolute atomic E-state index is 13.0. The first-order valence-corrected chi connectivity index (χ1v) is 15.0. The Bertz CT molecular complexity index is 1820. The van der Waals surface area contributed by atoms with Crippen molar-refractivity contribution in [3.8, 4) is 22.5 Å². The molecule has 1 N–H and O–H groups in total. The predicted molar refractivity (Wildman–Crippen MR) is 166 cm³/mol. The van der Waals surface area contributed by atoms with Gasteiger partial charge in [-0.3, -0.25) is 4.79 Å². The minimum atomic E-state index is -0.664. The Morgan fingerprint density at radius 2 is 1.44 bits per heavy atom. The molecule has 9 heteroatoms. The quantitative estimate of drug-likeness (QED) is 0.196. The standard InChI is InChI=1S/C34H29N3O5S/c1-2-41-34(40)29-24-15-9-10-16-27(24)43-32(29)37-28(38)20-42-33(39)23-17-18-25-26(19-23)36-31(22-13-7-4-8-14-22)30(35-25)21-11-5-3-6-12-21/h3-8,11-14,17-19H,2,9-10,15-16,20H2,1H3,(H,37,38). The number of esters is 2. The smallest absolute Gasteiger partial charge is 0.341 e. The molecule has 0 radical (unpaired) electrons. The first-order valence-electron chi connectivity index (χ1n) is 14.2. The van der Waals surface area contributed by atoms with Crippen molar-refractivity contribution in [3.63, 3.8) is 0 Å². The minimum Gasteiger partial charge on any atom is -0.462 e. The lowest BCUT2D eigenvalue weighted by Gasteiger charge is -2.12. The summed E-state index contributed by atoms with van der Waals surface area (Å²) < 4.78 is 10.6. The lowest BCUT2D eigenvalue weighted by Crippen LogP contribution is -2.22. The lowest BCUT2D eigenvalue weighted by molar-refractivity contribution is -0.119. The van der Waals surface area contributed by atoms with Crippen molar-refractivity contribution in [3.05, 3.63) is 100 Å². The molecule has 6 rings (SSSR count). The first-order chi connectivity index (χ1) is 21.0. The third-order valence-electron chi connectivity index (χ3n) is 7.23. The van der Waals surface area contributed by atoms with E-state index in [0.717, 1.165) is 52.9 Å². The molecule has 2 aromatic heterocycles. The third-order valence-corrected chi connectivity index (χ3v) is 8.44. The zero-order chi connectivity index (χ0) is 29.8. The van der Waals surface area contributed by atoms with Crippen LogP contribution in [-0.2, 0) is 27.1 Å². The van der Waals surface area contributed by atoms with Crippen molar-refractivity contribution in [2.75, 3.05) is 18.5 Å². The molecule has 0 bridgehead atoms. The van der Waals surface area contributed by atoms with Crippen LogP contribution < -0.4 is 5.32 Å². The summed E-state index contributed by atoms with van der Waals surface area (Å²) in [5, 5.41) is 3.21. The van der Waals surface area contributed by atoms with Crippen LogP contribution in [0, 0.1) is 0 Å². The Labute approximate surface area is 252 Å². The van der Waals surface area contributed by atoms with Crippen molar-refractivity contribution in [2.24, 2.45) is 0 Å². The molecule has 0 fully saturated rings. The van der Waals surface area contributed by atoms with E-state index >= 15 is 0 Å². The zero-order valence-corrected chi connectivity index (χ0v) is 24.4. The van der Waals surface area contributed by atoms with Crippen LogP contribution in [0.3, 0.4) is 0 Å². The molecule has 3 aromatic carbocycles. The number of amides is 1. The number of ether oxygens (including phenoxy) is 2. The molecule has 0 atom stereocenters. The van der Waals surface area contributed by atoms with Crippen LogP contribution in [0.5, 0.6) is 0 Å². The largest absolute Gasteiger partial charge is 0.462 e. The summed E-state index contributed by atoms with van der Waals surface area (Å²) in [5.41, 5.74) is 6.04. The predicted octanol–water partition coefficient (Wildman–Crippen LogP) is 6.88. The van der Waals surface area contributed by atoms with Gasteiger partial charge < -0.3 is 14.8 Å². The number of benzene rings is 3. The number of rotatable bonds is 8. The van der Waals surface area contributed by atoms with Gasteiger partial charge in [0, 0.05) is 16.0 Å². The summed E-state index contributed by atoms with van der Waals surface area (Å²) in [6.45, 7) is 1.48. The van der Waals surface area contributed by atoms with Crippen LogP contribution in [0.2, 0.25) is 0 Å². The van der Waals surface area contributed by atoms with Gasteiger partial charge in [-0.15, -0.1) is 11.3 Å². The van der Waals surface area contributed by atoms with Crippen LogP contribution in [0.1, 0.15) is 50.9 Å². The monoisotopic (exact) mass is 591 g/mol. The molecular formula is C34H29N3O5S. The maximum Gasteiger partial charge on any atom is 0.341 e. The molecule has 1 aliphatic carbocycles. The van der Waals surface area contributed by atoms with E-state index in [1.807, 2.05) is 60.7 Å². The molecule has 43 heavy (non-hydrogen) atoms. The van der Waals surface area contributed by atoms with Crippen molar-refractivity contribution in [2.45, 2.75) is 32.6 Å². The Morgan fingerprint density at radius 3 is 2.12 bits per heavy atom. The number of aromatic nitrogens is 2. The number of anilines is 1. The van der Waals surface area contributed by atoms with Crippen LogP contribution in [-0.4, -0.2) is 41.0 Å². The molecule has 0 spiro atoms. The summed E-state index contributed by atoms with van der Waals surface area (Å²) >= 11 is 1.39. The molecule has 2 heterocycles. The highest BCUT2D eigenvalue weighted by molar-refractivity contribution is 7.17. The maximum atomic E-state index is 13.0. The number of hydrogen-bond donors (Lipinski definition) is 1. The van der Waals surface area contributed by atoms with E-state index in [1.54, 1.807) is 25.1 Å². The molecule has 0 saturated heterocycles. The molecule has 1 aliphatic rings. The third kappa shape index (κ3) is 6.03. The fraction of sp³-hybridized carbons (Fsp3) is 0.206. The Balaban J connectivity index is 1.21. The highest BCUT2D eigenvalue weighted by Crippen LogP contribution is 2.38. The van der Waals surface area contributed by atoms with Gasteiger partial charge in [0.1, 0.15) is 5.00 Å². The molecule has 0 unspecified atom stereocenters. The van der Waals surface area contributed by atoms with Gasteiger partial charge in [0.05, 0.1) is 40.2 Å². The van der Waals surface area contributed by atoms with Crippen LogP contribution in [0.25, 0.3) is 33.5 Å². The van der Waals surface area contributed by atoms with Gasteiger partial charge in [-0.1, -0.05) is 60.7 Å². The molecular weight excluding hydrogens is 562 g/mol. The average Bonchev–Trinajstić information content (AvgIpc) is 3.41. The highest BCUT2D eigenvalue weighted by atomic mass is 32.1. The van der Waals surface area contributed by atoms with E-state index < -0.39 is 24.5 Å². The second-order valence-corrected chi connectivity index (χ2v) is 11.2.